The number of aryl methyl sites for hydroxylation is 1. The number of para-hydroxylation sites is 3. The molecule has 0 fully saturated rings. The second kappa shape index (κ2) is 8.78. The Morgan fingerprint density at radius 3 is 2.30 bits per heavy atom. The second-order valence-corrected chi connectivity index (χ2v) is 9.95. The molecule has 0 amide bonds. The van der Waals surface area contributed by atoms with Gasteiger partial charge < -0.3 is 9.13 Å². The molecule has 0 N–H and O–H groups in total. The first-order valence-corrected chi connectivity index (χ1v) is 13.3. The van der Waals surface area contributed by atoms with Gasteiger partial charge in [-0.3, -0.25) is 0 Å². The van der Waals surface area contributed by atoms with Crippen molar-refractivity contribution in [3.05, 3.63) is 128 Å². The van der Waals surface area contributed by atoms with E-state index in [1.807, 2.05) is 36.5 Å². The summed E-state index contributed by atoms with van der Waals surface area (Å²) in [5.41, 5.74) is 8.53. The molecular formula is C34H24N6. The van der Waals surface area contributed by atoms with Crippen molar-refractivity contribution in [1.29, 1.82) is 0 Å². The Balaban J connectivity index is 1.32. The van der Waals surface area contributed by atoms with Gasteiger partial charge in [0, 0.05) is 47.0 Å². The zero-order valence-electron chi connectivity index (χ0n) is 21.8. The van der Waals surface area contributed by atoms with Crippen molar-refractivity contribution in [2.75, 3.05) is 0 Å². The zero-order chi connectivity index (χ0) is 26.6. The summed E-state index contributed by atoms with van der Waals surface area (Å²) in [6.07, 6.45) is 3.67. The Kier molecular flexibility index (Phi) is 4.94. The third-order valence-corrected chi connectivity index (χ3v) is 7.59. The lowest BCUT2D eigenvalue weighted by Crippen LogP contribution is -1.99. The molecule has 4 heterocycles. The van der Waals surface area contributed by atoms with Gasteiger partial charge in [0.05, 0.1) is 27.8 Å². The minimum absolute atomic E-state index is 0.789. The standard InChI is InChI=1S/C34H24N6/c1-38-31-15-5-3-12-29(31)37-34(38)24-17-18-27-26-11-2-4-14-30(26)40(32(27)22-24)25-10-6-9-23(21-25)28-13-7-16-33(36-28)39-20-8-19-35-39/h2-22H,1H3. The van der Waals surface area contributed by atoms with Gasteiger partial charge >= 0.3 is 0 Å². The number of aromatic nitrogens is 6. The van der Waals surface area contributed by atoms with Crippen LogP contribution in [0.3, 0.4) is 0 Å². The summed E-state index contributed by atoms with van der Waals surface area (Å²) in [4.78, 5) is 9.86. The average Bonchev–Trinajstić information content (AvgIpc) is 3.74. The molecule has 0 aliphatic rings. The quantitative estimate of drug-likeness (QED) is 0.242. The maximum Gasteiger partial charge on any atom is 0.153 e. The fourth-order valence-corrected chi connectivity index (χ4v) is 5.71. The first kappa shape index (κ1) is 22.5. The fourth-order valence-electron chi connectivity index (χ4n) is 5.71. The maximum absolute atomic E-state index is 4.97. The van der Waals surface area contributed by atoms with Gasteiger partial charge in [0.2, 0.25) is 0 Å². The summed E-state index contributed by atoms with van der Waals surface area (Å²) in [5, 5.41) is 6.78. The predicted molar refractivity (Wildman–Crippen MR) is 161 cm³/mol. The van der Waals surface area contributed by atoms with E-state index < -0.39 is 0 Å². The van der Waals surface area contributed by atoms with Crippen LogP contribution < -0.4 is 0 Å². The molecule has 190 valence electrons. The molecule has 40 heavy (non-hydrogen) atoms. The molecule has 0 unspecified atom stereocenters. The number of pyridine rings is 1. The van der Waals surface area contributed by atoms with E-state index in [0.29, 0.717) is 0 Å². The third-order valence-electron chi connectivity index (χ3n) is 7.59. The van der Waals surface area contributed by atoms with Gasteiger partial charge in [-0.05, 0) is 54.6 Å². The van der Waals surface area contributed by atoms with Crippen LogP contribution in [0.4, 0.5) is 0 Å². The SMILES string of the molecule is Cn1c(-c2ccc3c4ccccc4n(-c4cccc(-c5cccc(-n6cccn6)n5)c4)c3c2)nc2ccccc21. The van der Waals surface area contributed by atoms with Crippen LogP contribution in [0.2, 0.25) is 0 Å². The van der Waals surface area contributed by atoms with Crippen LogP contribution in [0.5, 0.6) is 0 Å². The smallest absolute Gasteiger partial charge is 0.153 e. The van der Waals surface area contributed by atoms with E-state index >= 15 is 0 Å². The molecule has 0 saturated heterocycles. The van der Waals surface area contributed by atoms with Gasteiger partial charge in [0.1, 0.15) is 5.82 Å². The number of nitrogens with zero attached hydrogens (tertiary/aromatic N) is 6. The van der Waals surface area contributed by atoms with E-state index in [2.05, 4.69) is 106 Å². The summed E-state index contributed by atoms with van der Waals surface area (Å²) in [6, 6.07) is 40.0. The van der Waals surface area contributed by atoms with Gasteiger partial charge in [0.15, 0.2) is 5.82 Å². The minimum Gasteiger partial charge on any atom is -0.327 e. The Morgan fingerprint density at radius 2 is 1.43 bits per heavy atom. The molecule has 8 aromatic rings. The lowest BCUT2D eigenvalue weighted by Gasteiger charge is -2.11. The lowest BCUT2D eigenvalue weighted by molar-refractivity contribution is 0.848. The Hall–Kier alpha value is -5.49. The van der Waals surface area contributed by atoms with Crippen molar-refractivity contribution >= 4 is 32.8 Å². The van der Waals surface area contributed by atoms with E-state index in [1.54, 1.807) is 10.9 Å². The summed E-state index contributed by atoms with van der Waals surface area (Å²) in [6.45, 7) is 0. The second-order valence-electron chi connectivity index (χ2n) is 9.95. The summed E-state index contributed by atoms with van der Waals surface area (Å²) in [7, 11) is 2.08. The van der Waals surface area contributed by atoms with Crippen LogP contribution in [0.25, 0.3) is 67.0 Å². The van der Waals surface area contributed by atoms with Crippen LogP contribution in [-0.2, 0) is 7.05 Å². The molecule has 0 atom stereocenters. The lowest BCUT2D eigenvalue weighted by atomic mass is 10.1. The van der Waals surface area contributed by atoms with Crippen LogP contribution in [-0.4, -0.2) is 28.9 Å². The highest BCUT2D eigenvalue weighted by molar-refractivity contribution is 6.10. The maximum atomic E-state index is 4.97. The van der Waals surface area contributed by atoms with Gasteiger partial charge in [-0.2, -0.15) is 5.10 Å². The van der Waals surface area contributed by atoms with Gasteiger partial charge in [0.25, 0.3) is 0 Å². The summed E-state index contributed by atoms with van der Waals surface area (Å²) >= 11 is 0. The minimum atomic E-state index is 0.789. The number of rotatable bonds is 4. The molecular weight excluding hydrogens is 492 g/mol. The highest BCUT2D eigenvalue weighted by Crippen LogP contribution is 2.36. The average molecular weight is 517 g/mol. The monoisotopic (exact) mass is 516 g/mol. The summed E-state index contributed by atoms with van der Waals surface area (Å²) < 4.78 is 6.29. The Morgan fingerprint density at radius 1 is 0.600 bits per heavy atom. The van der Waals surface area contributed by atoms with E-state index in [9.17, 15) is 0 Å². The third kappa shape index (κ3) is 3.47. The normalized spacial score (nSPS) is 11.6. The van der Waals surface area contributed by atoms with E-state index in [4.69, 9.17) is 9.97 Å². The molecule has 4 aromatic carbocycles. The molecule has 0 bridgehead atoms. The molecule has 0 saturated carbocycles. The molecule has 4 aromatic heterocycles. The van der Waals surface area contributed by atoms with Crippen molar-refractivity contribution in [3.8, 4) is 34.2 Å². The van der Waals surface area contributed by atoms with Gasteiger partial charge in [-0.1, -0.05) is 60.7 Å². The molecule has 0 radical (unpaired) electrons. The first-order chi connectivity index (χ1) is 19.7. The molecule has 0 spiro atoms. The van der Waals surface area contributed by atoms with Crippen LogP contribution >= 0.6 is 0 Å². The number of fused-ring (bicyclic) bond motifs is 4. The van der Waals surface area contributed by atoms with Crippen molar-refractivity contribution in [2.45, 2.75) is 0 Å². The van der Waals surface area contributed by atoms with Crippen molar-refractivity contribution in [3.63, 3.8) is 0 Å². The Bertz CT molecular complexity index is 2180. The summed E-state index contributed by atoms with van der Waals surface area (Å²) in [5.74, 6) is 1.74. The molecule has 6 heteroatoms. The van der Waals surface area contributed by atoms with Crippen molar-refractivity contribution in [2.24, 2.45) is 7.05 Å². The van der Waals surface area contributed by atoms with E-state index in [-0.39, 0.29) is 0 Å². The molecule has 6 nitrogen and oxygen atoms in total. The molecule has 8 rings (SSSR count). The number of hydrogen-bond donors (Lipinski definition) is 0. The topological polar surface area (TPSA) is 53.5 Å². The van der Waals surface area contributed by atoms with Crippen LogP contribution in [0.15, 0.2) is 128 Å². The highest BCUT2D eigenvalue weighted by Gasteiger charge is 2.16. The molecule has 0 aliphatic heterocycles. The number of benzene rings is 4. The first-order valence-electron chi connectivity index (χ1n) is 13.3. The van der Waals surface area contributed by atoms with E-state index in [1.165, 1.54) is 10.8 Å². The fraction of sp³-hybridized carbons (Fsp3) is 0.0294. The van der Waals surface area contributed by atoms with Gasteiger partial charge in [-0.25, -0.2) is 14.6 Å². The van der Waals surface area contributed by atoms with Crippen LogP contribution in [0, 0.1) is 0 Å². The Labute approximate surface area is 230 Å². The predicted octanol–water partition coefficient (Wildman–Crippen LogP) is 7.59. The van der Waals surface area contributed by atoms with Crippen molar-refractivity contribution in [1.82, 2.24) is 28.9 Å². The van der Waals surface area contributed by atoms with Crippen molar-refractivity contribution < 1.29 is 0 Å². The van der Waals surface area contributed by atoms with E-state index in [0.717, 1.165) is 56.2 Å². The highest BCUT2D eigenvalue weighted by atomic mass is 15.3. The number of imidazole rings is 1. The number of hydrogen-bond acceptors (Lipinski definition) is 3. The molecule has 0 aliphatic carbocycles. The largest absolute Gasteiger partial charge is 0.327 e. The van der Waals surface area contributed by atoms with Crippen LogP contribution in [0.1, 0.15) is 0 Å². The zero-order valence-corrected chi connectivity index (χ0v) is 21.8. The van der Waals surface area contributed by atoms with Gasteiger partial charge in [-0.15, -0.1) is 0 Å².